The van der Waals surface area contributed by atoms with E-state index in [1.54, 1.807) is 6.26 Å². The number of thioether (sulfide) groups is 1. The van der Waals surface area contributed by atoms with E-state index in [2.05, 4.69) is 0 Å². The largest absolute Gasteiger partial charge is 0.480 e. The van der Waals surface area contributed by atoms with Gasteiger partial charge in [0.2, 0.25) is 5.43 Å². The first-order valence-corrected chi connectivity index (χ1v) is 11.0. The minimum Gasteiger partial charge on any atom is -0.480 e. The van der Waals surface area contributed by atoms with Gasteiger partial charge in [-0.05, 0) is 31.5 Å². The average molecular weight is 455 g/mol. The summed E-state index contributed by atoms with van der Waals surface area (Å²) in [6, 6.07) is -0.515. The van der Waals surface area contributed by atoms with Gasteiger partial charge in [-0.15, -0.1) is 0 Å². The quantitative estimate of drug-likeness (QED) is 0.655. The molecule has 1 atom stereocenters. The maximum absolute atomic E-state index is 15.7. The van der Waals surface area contributed by atoms with E-state index in [1.165, 1.54) is 16.7 Å². The number of likely N-dealkylation sites (N-methyl/N-ethyl adjacent to an activating group) is 1. The Morgan fingerprint density at radius 2 is 1.84 bits per heavy atom. The number of rotatable bonds is 7. The van der Waals surface area contributed by atoms with Gasteiger partial charge in [-0.2, -0.15) is 11.8 Å². The Morgan fingerprint density at radius 3 is 2.39 bits per heavy atom. The number of piperazine rings is 1. The van der Waals surface area contributed by atoms with Gasteiger partial charge in [-0.1, -0.05) is 0 Å². The molecule has 168 valence electrons. The van der Waals surface area contributed by atoms with Crippen LogP contribution in [0.4, 0.5) is 14.5 Å². The van der Waals surface area contributed by atoms with Crippen LogP contribution in [0.1, 0.15) is 22.8 Å². The van der Waals surface area contributed by atoms with E-state index in [-0.39, 0.29) is 12.1 Å². The molecule has 0 aliphatic carbocycles. The number of fused-ring (bicyclic) bond motifs is 1. The second-order valence-electron chi connectivity index (χ2n) is 7.43. The first kappa shape index (κ1) is 23.0. The zero-order valence-electron chi connectivity index (χ0n) is 17.1. The Hall–Kier alpha value is -2.66. The standard InChI is InChI=1S/C20H23F2N3O5S/c1-23-4-6-24(7-5-23)17-13(21)9-11-16(15(17)22)25(10-12(18(11)26)19(27)28)14(20(29)30)3-8-31-2/h9-10,14H,3-8H2,1-2H3,(H,27,28)(H,29,30). The fraction of sp³-hybridized carbons (Fsp3) is 0.450. The highest BCUT2D eigenvalue weighted by Crippen LogP contribution is 2.32. The highest BCUT2D eigenvalue weighted by Gasteiger charge is 2.30. The fourth-order valence-electron chi connectivity index (χ4n) is 3.76. The third-order valence-corrected chi connectivity index (χ3v) is 6.09. The van der Waals surface area contributed by atoms with Crippen molar-refractivity contribution in [1.29, 1.82) is 0 Å². The van der Waals surface area contributed by atoms with E-state index in [1.807, 2.05) is 11.9 Å². The van der Waals surface area contributed by atoms with Gasteiger partial charge >= 0.3 is 11.9 Å². The van der Waals surface area contributed by atoms with Crippen molar-refractivity contribution in [3.8, 4) is 0 Å². The van der Waals surface area contributed by atoms with Gasteiger partial charge in [0.1, 0.15) is 23.1 Å². The second kappa shape index (κ2) is 9.23. The molecule has 2 heterocycles. The van der Waals surface area contributed by atoms with E-state index in [9.17, 15) is 29.0 Å². The topological polar surface area (TPSA) is 103 Å². The van der Waals surface area contributed by atoms with E-state index in [4.69, 9.17) is 0 Å². The predicted octanol–water partition coefficient (Wildman–Crippen LogP) is 2.11. The maximum Gasteiger partial charge on any atom is 0.341 e. The minimum atomic E-state index is -1.60. The molecule has 8 nitrogen and oxygen atoms in total. The molecule has 1 aromatic heterocycles. The molecule has 3 rings (SSSR count). The van der Waals surface area contributed by atoms with Crippen molar-refractivity contribution in [2.45, 2.75) is 12.5 Å². The lowest BCUT2D eigenvalue weighted by Crippen LogP contribution is -2.45. The van der Waals surface area contributed by atoms with Gasteiger partial charge < -0.3 is 24.6 Å². The first-order valence-electron chi connectivity index (χ1n) is 9.62. The zero-order valence-corrected chi connectivity index (χ0v) is 17.9. The molecule has 1 aromatic carbocycles. The van der Waals surface area contributed by atoms with Gasteiger partial charge in [-0.3, -0.25) is 4.79 Å². The highest BCUT2D eigenvalue weighted by atomic mass is 32.2. The molecule has 0 saturated carbocycles. The minimum absolute atomic E-state index is 0.0637. The van der Waals surface area contributed by atoms with Crippen LogP contribution in [0.25, 0.3) is 10.9 Å². The Bertz CT molecular complexity index is 1080. The summed E-state index contributed by atoms with van der Waals surface area (Å²) in [5, 5.41) is 18.6. The van der Waals surface area contributed by atoms with E-state index in [0.29, 0.717) is 31.9 Å². The van der Waals surface area contributed by atoms with Crippen molar-refractivity contribution in [2.24, 2.45) is 0 Å². The highest BCUT2D eigenvalue weighted by molar-refractivity contribution is 7.98. The molecule has 0 amide bonds. The molecular formula is C20H23F2N3O5S. The Kier molecular flexibility index (Phi) is 6.85. The molecule has 0 spiro atoms. The molecule has 2 N–H and O–H groups in total. The number of aliphatic carboxylic acids is 1. The van der Waals surface area contributed by atoms with Crippen LogP contribution >= 0.6 is 11.8 Å². The number of aromatic nitrogens is 1. The Balaban J connectivity index is 2.33. The summed E-state index contributed by atoms with van der Waals surface area (Å²) >= 11 is 1.37. The number of carboxylic acids is 2. The summed E-state index contributed by atoms with van der Waals surface area (Å²) in [5.74, 6) is -4.55. The fourth-order valence-corrected chi connectivity index (χ4v) is 4.22. The maximum atomic E-state index is 15.7. The SMILES string of the molecule is CSCCC(C(=O)O)n1cc(C(=O)O)c(=O)c2cc(F)c(N3CCN(C)CC3)c(F)c21. The van der Waals surface area contributed by atoms with Crippen LogP contribution in [0, 0.1) is 11.6 Å². The summed E-state index contributed by atoms with van der Waals surface area (Å²) < 4.78 is 31.6. The van der Waals surface area contributed by atoms with Gasteiger partial charge in [0.15, 0.2) is 5.82 Å². The van der Waals surface area contributed by atoms with Crippen LogP contribution in [0.3, 0.4) is 0 Å². The number of benzene rings is 1. The van der Waals surface area contributed by atoms with Crippen LogP contribution in [0.15, 0.2) is 17.1 Å². The third-order valence-electron chi connectivity index (χ3n) is 5.45. The summed E-state index contributed by atoms with van der Waals surface area (Å²) in [6.45, 7) is 1.85. The monoisotopic (exact) mass is 455 g/mol. The molecule has 0 bridgehead atoms. The van der Waals surface area contributed by atoms with Crippen LogP contribution in [0.2, 0.25) is 0 Å². The van der Waals surface area contributed by atoms with E-state index >= 15 is 4.39 Å². The molecule has 31 heavy (non-hydrogen) atoms. The van der Waals surface area contributed by atoms with Gasteiger partial charge in [0.05, 0.1) is 10.9 Å². The number of aromatic carboxylic acids is 1. The summed E-state index contributed by atoms with van der Waals surface area (Å²) in [5.41, 5.74) is -2.55. The zero-order chi connectivity index (χ0) is 22.9. The number of anilines is 1. The Labute approximate surface area is 181 Å². The summed E-state index contributed by atoms with van der Waals surface area (Å²) in [4.78, 5) is 39.7. The normalized spacial score (nSPS) is 15.9. The number of hydrogen-bond donors (Lipinski definition) is 2. The van der Waals surface area contributed by atoms with Crippen molar-refractivity contribution in [1.82, 2.24) is 9.47 Å². The number of carbonyl (C=O) groups is 2. The molecule has 1 fully saturated rings. The number of halogens is 2. The lowest BCUT2D eigenvalue weighted by Gasteiger charge is -2.34. The van der Waals surface area contributed by atoms with Crippen LogP contribution < -0.4 is 10.3 Å². The van der Waals surface area contributed by atoms with Crippen molar-refractivity contribution in [3.05, 3.63) is 39.7 Å². The molecule has 1 saturated heterocycles. The molecule has 0 radical (unpaired) electrons. The van der Waals surface area contributed by atoms with E-state index in [0.717, 1.165) is 16.8 Å². The van der Waals surface area contributed by atoms with Crippen molar-refractivity contribution < 1.29 is 28.6 Å². The van der Waals surface area contributed by atoms with Crippen molar-refractivity contribution in [3.63, 3.8) is 0 Å². The third kappa shape index (κ3) is 4.38. The van der Waals surface area contributed by atoms with Crippen molar-refractivity contribution >= 4 is 40.3 Å². The summed E-state index contributed by atoms with van der Waals surface area (Å²) in [7, 11) is 1.89. The van der Waals surface area contributed by atoms with E-state index < -0.39 is 51.5 Å². The molecule has 11 heteroatoms. The molecule has 2 aromatic rings. The number of carboxylic acid groups (broad SMARTS) is 2. The van der Waals surface area contributed by atoms with Crippen LogP contribution in [-0.4, -0.2) is 76.9 Å². The average Bonchev–Trinajstić information content (AvgIpc) is 2.70. The molecule has 1 aliphatic rings. The molecule has 1 aliphatic heterocycles. The number of pyridine rings is 1. The summed E-state index contributed by atoms with van der Waals surface area (Å²) in [6.07, 6.45) is 2.68. The Morgan fingerprint density at radius 1 is 1.19 bits per heavy atom. The number of hydrogen-bond acceptors (Lipinski definition) is 6. The van der Waals surface area contributed by atoms with Crippen LogP contribution in [-0.2, 0) is 4.79 Å². The molecular weight excluding hydrogens is 432 g/mol. The smallest absolute Gasteiger partial charge is 0.341 e. The van der Waals surface area contributed by atoms with Gasteiger partial charge in [0.25, 0.3) is 0 Å². The first-order chi connectivity index (χ1) is 14.7. The van der Waals surface area contributed by atoms with Crippen molar-refractivity contribution in [2.75, 3.05) is 50.1 Å². The second-order valence-corrected chi connectivity index (χ2v) is 8.41. The number of nitrogens with zero attached hydrogens (tertiary/aromatic N) is 3. The molecule has 1 unspecified atom stereocenters. The van der Waals surface area contributed by atoms with Gasteiger partial charge in [-0.25, -0.2) is 18.4 Å². The van der Waals surface area contributed by atoms with Gasteiger partial charge in [0, 0.05) is 32.4 Å². The lowest BCUT2D eigenvalue weighted by atomic mass is 10.1. The predicted molar refractivity (Wildman–Crippen MR) is 114 cm³/mol. The van der Waals surface area contributed by atoms with Crippen LogP contribution in [0.5, 0.6) is 0 Å². The lowest BCUT2D eigenvalue weighted by molar-refractivity contribution is -0.140.